The van der Waals surface area contributed by atoms with Gasteiger partial charge in [-0.15, -0.1) is 12.6 Å². The predicted octanol–water partition coefficient (Wildman–Crippen LogP) is 1.92. The Morgan fingerprint density at radius 2 is 2.09 bits per heavy atom. The summed E-state index contributed by atoms with van der Waals surface area (Å²) in [6, 6.07) is 7.68. The van der Waals surface area contributed by atoms with E-state index < -0.39 is 0 Å². The highest BCUT2D eigenvalue weighted by molar-refractivity contribution is 7.80. The van der Waals surface area contributed by atoms with E-state index in [4.69, 9.17) is 0 Å². The van der Waals surface area contributed by atoms with Crippen LogP contribution in [-0.2, 0) is 0 Å². The van der Waals surface area contributed by atoms with Gasteiger partial charge in [-0.3, -0.25) is 0 Å². The number of fused-ring (bicyclic) bond motifs is 1. The average Bonchev–Trinajstić information content (AvgIpc) is 2.06. The predicted molar refractivity (Wildman–Crippen MR) is 46.8 cm³/mol. The number of benzene rings is 1. The van der Waals surface area contributed by atoms with Crippen LogP contribution in [-0.4, -0.2) is 10.2 Å². The molecular formula is C8H6N2S. The third-order valence-electron chi connectivity index (χ3n) is 1.53. The van der Waals surface area contributed by atoms with Gasteiger partial charge in [-0.25, -0.2) is 0 Å². The van der Waals surface area contributed by atoms with Crippen molar-refractivity contribution in [2.75, 3.05) is 0 Å². The largest absolute Gasteiger partial charge is 0.159 e. The summed E-state index contributed by atoms with van der Waals surface area (Å²) >= 11 is 4.28. The third kappa shape index (κ3) is 1.07. The van der Waals surface area contributed by atoms with E-state index in [0.29, 0.717) is 0 Å². The van der Waals surface area contributed by atoms with E-state index in [1.807, 2.05) is 24.3 Å². The number of rotatable bonds is 0. The molecule has 0 N–H and O–H groups in total. The number of hydrogen-bond donors (Lipinski definition) is 1. The normalized spacial score (nSPS) is 10.3. The number of thiol groups is 1. The minimum Gasteiger partial charge on any atom is -0.159 e. The molecule has 3 heteroatoms. The van der Waals surface area contributed by atoms with E-state index in [1.165, 1.54) is 0 Å². The average molecular weight is 162 g/mol. The van der Waals surface area contributed by atoms with Gasteiger partial charge in [-0.2, -0.15) is 10.2 Å². The zero-order valence-corrected chi connectivity index (χ0v) is 6.62. The Labute approximate surface area is 69.7 Å². The Morgan fingerprint density at radius 3 is 2.91 bits per heavy atom. The van der Waals surface area contributed by atoms with E-state index in [-0.39, 0.29) is 0 Å². The van der Waals surface area contributed by atoms with Gasteiger partial charge < -0.3 is 0 Å². The molecule has 0 amide bonds. The Hall–Kier alpha value is -1.09. The van der Waals surface area contributed by atoms with E-state index >= 15 is 0 Å². The van der Waals surface area contributed by atoms with Crippen LogP contribution in [0.15, 0.2) is 35.4 Å². The molecule has 0 aliphatic rings. The second kappa shape index (κ2) is 2.51. The fraction of sp³-hybridized carbons (Fsp3) is 0. The van der Waals surface area contributed by atoms with Crippen molar-refractivity contribution in [2.45, 2.75) is 4.90 Å². The topological polar surface area (TPSA) is 25.8 Å². The first kappa shape index (κ1) is 6.61. The molecule has 0 aliphatic carbocycles. The first-order valence-electron chi connectivity index (χ1n) is 3.27. The van der Waals surface area contributed by atoms with E-state index in [1.54, 1.807) is 6.20 Å². The molecule has 0 radical (unpaired) electrons. The Kier molecular flexibility index (Phi) is 1.51. The van der Waals surface area contributed by atoms with Crippen LogP contribution in [0.25, 0.3) is 10.9 Å². The second-order valence-electron chi connectivity index (χ2n) is 2.24. The van der Waals surface area contributed by atoms with Gasteiger partial charge in [-0.05, 0) is 18.2 Å². The molecule has 1 heterocycles. The quantitative estimate of drug-likeness (QED) is 0.599. The number of aromatic nitrogens is 2. The number of hydrogen-bond acceptors (Lipinski definition) is 3. The Balaban J connectivity index is 2.91. The smallest absolute Gasteiger partial charge is 0.0940 e. The maximum atomic E-state index is 4.28. The molecule has 1 aromatic carbocycles. The van der Waals surface area contributed by atoms with E-state index in [0.717, 1.165) is 15.8 Å². The van der Waals surface area contributed by atoms with Crippen molar-refractivity contribution in [2.24, 2.45) is 0 Å². The molecule has 2 nitrogen and oxygen atoms in total. The molecule has 1 aromatic heterocycles. The van der Waals surface area contributed by atoms with Gasteiger partial charge in [0.15, 0.2) is 0 Å². The van der Waals surface area contributed by atoms with Crippen molar-refractivity contribution in [3.63, 3.8) is 0 Å². The molecule has 2 rings (SSSR count). The second-order valence-corrected chi connectivity index (χ2v) is 2.72. The molecule has 0 saturated carbocycles. The summed E-state index contributed by atoms with van der Waals surface area (Å²) in [5.41, 5.74) is 0.889. The molecule has 2 aromatic rings. The van der Waals surface area contributed by atoms with Crippen molar-refractivity contribution in [1.82, 2.24) is 10.2 Å². The highest BCUT2D eigenvalue weighted by Gasteiger charge is 1.95. The van der Waals surface area contributed by atoms with Crippen LogP contribution in [0.4, 0.5) is 0 Å². The van der Waals surface area contributed by atoms with Crippen molar-refractivity contribution in [1.29, 1.82) is 0 Å². The summed E-state index contributed by atoms with van der Waals surface area (Å²) in [4.78, 5) is 0.942. The summed E-state index contributed by atoms with van der Waals surface area (Å²) in [5.74, 6) is 0. The summed E-state index contributed by atoms with van der Waals surface area (Å²) in [6.45, 7) is 0. The van der Waals surface area contributed by atoms with Gasteiger partial charge in [0.25, 0.3) is 0 Å². The maximum absolute atomic E-state index is 4.28. The monoisotopic (exact) mass is 162 g/mol. The highest BCUT2D eigenvalue weighted by atomic mass is 32.1. The first-order chi connectivity index (χ1) is 5.38. The van der Waals surface area contributed by atoms with Crippen LogP contribution in [0.1, 0.15) is 0 Å². The van der Waals surface area contributed by atoms with Gasteiger partial charge in [0.1, 0.15) is 0 Å². The van der Waals surface area contributed by atoms with Gasteiger partial charge in [0.2, 0.25) is 0 Å². The minimum absolute atomic E-state index is 0.889. The summed E-state index contributed by atoms with van der Waals surface area (Å²) in [6.07, 6.45) is 1.67. The molecule has 0 bridgehead atoms. The summed E-state index contributed by atoms with van der Waals surface area (Å²) in [5, 5.41) is 8.76. The van der Waals surface area contributed by atoms with Gasteiger partial charge in [0.05, 0.1) is 11.7 Å². The molecule has 0 atom stereocenters. The van der Waals surface area contributed by atoms with Crippen LogP contribution in [0, 0.1) is 0 Å². The van der Waals surface area contributed by atoms with Gasteiger partial charge >= 0.3 is 0 Å². The summed E-state index contributed by atoms with van der Waals surface area (Å²) < 4.78 is 0. The third-order valence-corrected chi connectivity index (χ3v) is 1.92. The van der Waals surface area contributed by atoms with Crippen LogP contribution in [0.2, 0.25) is 0 Å². The molecule has 0 spiro atoms. The van der Waals surface area contributed by atoms with Crippen LogP contribution in [0.5, 0.6) is 0 Å². The lowest BCUT2D eigenvalue weighted by Gasteiger charge is -1.96. The standard InChI is InChI=1S/C8H6N2S/c11-8-3-1-2-7-6(8)4-5-9-10-7/h1-5,11H. The van der Waals surface area contributed by atoms with Crippen molar-refractivity contribution < 1.29 is 0 Å². The van der Waals surface area contributed by atoms with E-state index in [9.17, 15) is 0 Å². The number of nitrogens with zero attached hydrogens (tertiary/aromatic N) is 2. The van der Waals surface area contributed by atoms with Crippen LogP contribution >= 0.6 is 12.6 Å². The lowest BCUT2D eigenvalue weighted by atomic mass is 10.2. The highest BCUT2D eigenvalue weighted by Crippen LogP contribution is 2.17. The van der Waals surface area contributed by atoms with E-state index in [2.05, 4.69) is 22.8 Å². The molecular weight excluding hydrogens is 156 g/mol. The zero-order valence-electron chi connectivity index (χ0n) is 5.73. The minimum atomic E-state index is 0.889. The maximum Gasteiger partial charge on any atom is 0.0940 e. The van der Waals surface area contributed by atoms with Crippen LogP contribution in [0.3, 0.4) is 0 Å². The fourth-order valence-electron chi connectivity index (χ4n) is 1.00. The van der Waals surface area contributed by atoms with Crippen molar-refractivity contribution in [3.05, 3.63) is 30.5 Å². The van der Waals surface area contributed by atoms with Crippen molar-refractivity contribution in [3.8, 4) is 0 Å². The molecule has 11 heavy (non-hydrogen) atoms. The molecule has 0 unspecified atom stereocenters. The first-order valence-corrected chi connectivity index (χ1v) is 3.72. The molecule has 54 valence electrons. The zero-order chi connectivity index (χ0) is 7.68. The van der Waals surface area contributed by atoms with Crippen molar-refractivity contribution >= 4 is 23.5 Å². The SMILES string of the molecule is Sc1cccc2nnccc12. The molecule has 0 saturated heterocycles. The van der Waals surface area contributed by atoms with Crippen LogP contribution < -0.4 is 0 Å². The fourth-order valence-corrected chi connectivity index (χ4v) is 1.28. The van der Waals surface area contributed by atoms with Gasteiger partial charge in [0, 0.05) is 10.3 Å². The molecule has 0 aliphatic heterocycles. The Bertz CT molecular complexity index is 381. The lowest BCUT2D eigenvalue weighted by molar-refractivity contribution is 1.07. The Morgan fingerprint density at radius 1 is 1.18 bits per heavy atom. The summed E-state index contributed by atoms with van der Waals surface area (Å²) in [7, 11) is 0. The molecule has 0 fully saturated rings. The lowest BCUT2D eigenvalue weighted by Crippen LogP contribution is -1.81. The van der Waals surface area contributed by atoms with Gasteiger partial charge in [-0.1, -0.05) is 6.07 Å².